The van der Waals surface area contributed by atoms with Crippen molar-refractivity contribution in [2.24, 2.45) is 9.98 Å². The molecule has 3 aliphatic rings. The summed E-state index contributed by atoms with van der Waals surface area (Å²) >= 11 is 3.61. The van der Waals surface area contributed by atoms with Gasteiger partial charge in [0.2, 0.25) is 5.43 Å². The monoisotopic (exact) mass is 1080 g/mol. The van der Waals surface area contributed by atoms with E-state index in [-0.39, 0.29) is 38.1 Å². The highest BCUT2D eigenvalue weighted by Gasteiger charge is 2.64. The lowest BCUT2D eigenvalue weighted by molar-refractivity contribution is 0.0825. The molecule has 3 aliphatic carbocycles. The highest BCUT2D eigenvalue weighted by Crippen LogP contribution is 2.78. The Labute approximate surface area is 447 Å². The Morgan fingerprint density at radius 3 is 0.790 bits per heavy atom. The van der Waals surface area contributed by atoms with Crippen molar-refractivity contribution in [2.45, 2.75) is 11.2 Å². The van der Waals surface area contributed by atoms with Gasteiger partial charge in [-0.2, -0.15) is 0 Å². The minimum Gasteiger partial charge on any atom is -0.376 e. The van der Waals surface area contributed by atoms with Gasteiger partial charge in [0.1, 0.15) is 21.9 Å². The summed E-state index contributed by atoms with van der Waals surface area (Å²) in [6.45, 7) is 0. The molecule has 9 heteroatoms. The second-order valence-corrected chi connectivity index (χ2v) is 26.9. The van der Waals surface area contributed by atoms with E-state index in [9.17, 15) is 0 Å². The van der Waals surface area contributed by atoms with Crippen molar-refractivity contribution < 1.29 is 10.2 Å². The zero-order valence-corrected chi connectivity index (χ0v) is 42.1. The first-order valence-corrected chi connectivity index (χ1v) is 28.6. The molecule has 0 radical (unpaired) electrons. The fourth-order valence-corrected chi connectivity index (χ4v) is 23.2. The predicted octanol–water partition coefficient (Wildman–Crippen LogP) is 13.8. The molecule has 0 unspecified atom stereocenters. The van der Waals surface area contributed by atoms with Crippen LogP contribution in [0.5, 0.6) is 0 Å². The van der Waals surface area contributed by atoms with Gasteiger partial charge >= 0.3 is 0 Å². The Hall–Kier alpha value is -9.90. The van der Waals surface area contributed by atoms with Crippen LogP contribution in [0.15, 0.2) is 88.2 Å². The largest absolute Gasteiger partial charge is 0.376 e. The standard InChI is InChI=1S/C72H11BrN2O6/c73-10-6-8-12(9-7-10)75-66-64-63(65(70(66)79)74-11-4-2-1-3-5-11)71(80)59-49-39-29-20-15-13-14-16-17(15)28-31(29)41-42-32(28)30-21(16)27-25-19(14)23-22-18(13)24-26(20)37(39)47-45-35(24)33(22)43-44-34(23)36(25)46-48-38(27)40(30)50-52(42)62(61(71)51(41)49)72(64,81)60(50)58(48)69(78)56(46)54(44)67(76)53(43)55(45)68(77)57(47)59/h1-9,80-81H/t71-,72+/m1/s1. The molecule has 0 heterocycles. The molecule has 0 aromatic heterocycles. The van der Waals surface area contributed by atoms with Gasteiger partial charge in [0.15, 0.2) is 16.3 Å². The molecule has 0 bridgehead atoms. The van der Waals surface area contributed by atoms with Crippen molar-refractivity contribution in [1.82, 2.24) is 0 Å². The van der Waals surface area contributed by atoms with Crippen LogP contribution in [-0.2, 0) is 11.2 Å². The normalized spacial score (nSPS) is 20.2. The van der Waals surface area contributed by atoms with Crippen molar-refractivity contribution in [2.75, 3.05) is 0 Å². The van der Waals surface area contributed by atoms with Crippen molar-refractivity contribution >= 4 is 275 Å². The number of benzene rings is 17. The Morgan fingerprint density at radius 2 is 0.481 bits per heavy atom. The van der Waals surface area contributed by atoms with Gasteiger partial charge in [-0.15, -0.1) is 0 Å². The molecule has 2 N–H and O–H groups in total. The molecule has 0 saturated carbocycles. The summed E-state index contributed by atoms with van der Waals surface area (Å²) in [6, 6.07) is 16.6. The molecule has 0 fully saturated rings. The smallest absolute Gasteiger partial charge is 0.230 e. The Morgan fingerprint density at radius 1 is 0.247 bits per heavy atom. The fourth-order valence-electron chi connectivity index (χ4n) is 23.0. The summed E-state index contributed by atoms with van der Waals surface area (Å²) < 4.78 is 0.812. The number of fused-ring (bicyclic) bond motifs is 9. The molecule has 0 amide bonds. The lowest BCUT2D eigenvalue weighted by Crippen LogP contribution is -2.46. The molecule has 2 atom stereocenters. The summed E-state index contributed by atoms with van der Waals surface area (Å²) in [5, 5.41) is 75.0. The molecule has 27 aromatic carbocycles. The summed E-state index contributed by atoms with van der Waals surface area (Å²) in [4.78, 5) is 78.3. The van der Waals surface area contributed by atoms with E-state index in [1.54, 1.807) is 0 Å². The van der Waals surface area contributed by atoms with Crippen molar-refractivity contribution in [3.05, 3.63) is 144 Å². The second kappa shape index (κ2) is 8.70. The van der Waals surface area contributed by atoms with Crippen molar-refractivity contribution in [1.29, 1.82) is 0 Å². The molecule has 27 aromatic rings. The predicted molar refractivity (Wildman–Crippen MR) is 327 cm³/mol. The quantitative estimate of drug-likeness (QED) is 0.166. The van der Waals surface area contributed by atoms with Gasteiger partial charge < -0.3 is 10.2 Å². The first-order chi connectivity index (χ1) is 39.7. The number of halogens is 1. The van der Waals surface area contributed by atoms with Crippen LogP contribution in [-0.4, -0.2) is 10.2 Å². The average molecular weight is 1080 g/mol. The van der Waals surface area contributed by atoms with Crippen LogP contribution in [0, 0.1) is 0 Å². The molecular formula is C72H11BrN2O6. The third-order valence-electron chi connectivity index (χ3n) is 24.3. The van der Waals surface area contributed by atoms with Gasteiger partial charge in [-0.3, -0.25) is 19.2 Å². The minimum atomic E-state index is -2.31. The van der Waals surface area contributed by atoms with Crippen LogP contribution in [0.3, 0.4) is 0 Å². The maximum atomic E-state index is 17.2. The van der Waals surface area contributed by atoms with E-state index in [2.05, 4.69) is 15.9 Å². The van der Waals surface area contributed by atoms with Crippen LogP contribution in [0.2, 0.25) is 0 Å². The van der Waals surface area contributed by atoms with E-state index in [0.717, 1.165) is 166 Å². The minimum absolute atomic E-state index is 0.0777. The molecule has 0 aliphatic heterocycles. The number of nitrogens with zero attached hydrogens (tertiary/aromatic N) is 2. The van der Waals surface area contributed by atoms with Crippen LogP contribution in [0.25, 0.3) is 248 Å². The molecule has 0 spiro atoms. The Balaban J connectivity index is 1.10. The maximum absolute atomic E-state index is 17.2. The van der Waals surface area contributed by atoms with E-state index in [0.29, 0.717) is 65.9 Å². The fraction of sp³-hybridized carbons (Fsp3) is 0.0278. The van der Waals surface area contributed by atoms with Gasteiger partial charge in [0.05, 0.1) is 11.4 Å². The van der Waals surface area contributed by atoms with Gasteiger partial charge in [-0.05, 0) is 133 Å². The lowest BCUT2D eigenvalue weighted by Gasteiger charge is -2.41. The first-order valence-electron chi connectivity index (χ1n) is 27.8. The molecule has 8 nitrogen and oxygen atoms in total. The maximum Gasteiger partial charge on any atom is 0.230 e. The summed E-state index contributed by atoms with van der Waals surface area (Å²) in [5.41, 5.74) is -3.48. The highest BCUT2D eigenvalue weighted by atomic mass is 79.9. The third kappa shape index (κ3) is 2.30. The van der Waals surface area contributed by atoms with E-state index in [1.807, 2.05) is 54.6 Å². The van der Waals surface area contributed by atoms with Crippen LogP contribution in [0.1, 0.15) is 33.4 Å². The van der Waals surface area contributed by atoms with Gasteiger partial charge in [0.25, 0.3) is 0 Å². The molecule has 0 saturated heterocycles. The topological polar surface area (TPSA) is 133 Å². The third-order valence-corrected chi connectivity index (χ3v) is 24.8. The van der Waals surface area contributed by atoms with E-state index >= 15 is 29.4 Å². The number of para-hydroxylation sites is 1. The number of aliphatic hydroxyl groups is 2. The average Bonchev–Trinajstić information content (AvgIpc) is 1.42. The number of hydrogen-bond donors (Lipinski definition) is 2. The number of hydrogen-bond acceptors (Lipinski definition) is 8. The van der Waals surface area contributed by atoms with Crippen LogP contribution in [0.4, 0.5) is 11.4 Å². The lowest BCUT2D eigenvalue weighted by atomic mass is 9.66. The zero-order chi connectivity index (χ0) is 51.0. The van der Waals surface area contributed by atoms with E-state index in [4.69, 9.17) is 9.98 Å². The van der Waals surface area contributed by atoms with Gasteiger partial charge in [-0.25, -0.2) is 9.98 Å². The molecular weight excluding hydrogens is 1070 g/mol. The molecule has 81 heavy (non-hydrogen) atoms. The summed E-state index contributed by atoms with van der Waals surface area (Å²) in [7, 11) is 0. The van der Waals surface area contributed by atoms with E-state index < -0.39 is 16.6 Å². The zero-order valence-electron chi connectivity index (χ0n) is 40.5. The van der Waals surface area contributed by atoms with Gasteiger partial charge in [0, 0.05) is 189 Å². The van der Waals surface area contributed by atoms with Gasteiger partial charge in [-0.1, -0.05) is 34.1 Å². The summed E-state index contributed by atoms with van der Waals surface area (Å²) in [5.74, 6) is 0. The van der Waals surface area contributed by atoms with Crippen molar-refractivity contribution in [3.63, 3.8) is 0 Å². The highest BCUT2D eigenvalue weighted by molar-refractivity contribution is 9.10. The van der Waals surface area contributed by atoms with E-state index in [1.165, 1.54) is 53.9 Å². The second-order valence-electron chi connectivity index (χ2n) is 26.0. The SMILES string of the molecule is O=c1c(=Nc2ccc(Br)cc2)c2c(c1=Nc1ccccc1)[C@]1(O)c3c4c5c6c(c7c(=O)c8c9c(=O)c%10c%11c(=O)c%12c1c1c3c3c5c5c%13c6c6c7c8c7c8c9c%10c9c%10c%11c%12c%11c1c1c3c5c3c5c%13c6c7c6c8c9c7c%10c%11c1c3c7c65)[C@@]24O. The number of rotatable bonds is 2. The van der Waals surface area contributed by atoms with Crippen molar-refractivity contribution in [3.8, 4) is 0 Å². The van der Waals surface area contributed by atoms with Crippen LogP contribution >= 0.6 is 15.9 Å². The first kappa shape index (κ1) is 34.9. The van der Waals surface area contributed by atoms with Crippen LogP contribution < -0.4 is 32.4 Å². The Bertz CT molecular complexity index is 8210. The molecule has 30 rings (SSSR count). The Kier molecular flexibility index (Phi) is 3.75. The molecule has 352 valence electrons. The summed E-state index contributed by atoms with van der Waals surface area (Å²) in [6.07, 6.45) is 0.